The van der Waals surface area contributed by atoms with E-state index in [0.29, 0.717) is 28.0 Å². The number of nitrogens with zero attached hydrogens (tertiary/aromatic N) is 1. The van der Waals surface area contributed by atoms with Crippen LogP contribution in [0.15, 0.2) is 59.1 Å². The summed E-state index contributed by atoms with van der Waals surface area (Å²) in [4.78, 5) is 15.9. The van der Waals surface area contributed by atoms with Crippen molar-refractivity contribution in [2.45, 2.75) is 12.8 Å². The highest BCUT2D eigenvalue weighted by molar-refractivity contribution is 6.30. The Bertz CT molecular complexity index is 863. The van der Waals surface area contributed by atoms with E-state index in [-0.39, 0.29) is 18.7 Å². The average Bonchev–Trinajstić information content (AvgIpc) is 3.02. The second kappa shape index (κ2) is 7.27. The van der Waals surface area contributed by atoms with Crippen molar-refractivity contribution in [1.82, 2.24) is 4.98 Å². The highest BCUT2D eigenvalue weighted by atomic mass is 35.5. The zero-order valence-corrected chi connectivity index (χ0v) is 13.3. The van der Waals surface area contributed by atoms with Gasteiger partial charge in [0.05, 0.1) is 18.2 Å². The van der Waals surface area contributed by atoms with Gasteiger partial charge in [0.1, 0.15) is 11.6 Å². The fourth-order valence-corrected chi connectivity index (χ4v) is 2.31. The molecule has 122 valence electrons. The molecule has 0 unspecified atom stereocenters. The lowest BCUT2D eigenvalue weighted by molar-refractivity contribution is -0.134. The summed E-state index contributed by atoms with van der Waals surface area (Å²) >= 11 is 5.83. The molecule has 1 aromatic heterocycles. The van der Waals surface area contributed by atoms with Crippen LogP contribution in [0.2, 0.25) is 5.02 Å². The minimum atomic E-state index is -0.428. The molecule has 24 heavy (non-hydrogen) atoms. The molecule has 0 aliphatic heterocycles. The number of hydrogen-bond donors (Lipinski definition) is 0. The molecule has 0 aliphatic carbocycles. The van der Waals surface area contributed by atoms with Gasteiger partial charge in [0.25, 0.3) is 0 Å². The topological polar surface area (TPSA) is 52.3 Å². The van der Waals surface area contributed by atoms with Crippen LogP contribution in [0.3, 0.4) is 0 Å². The number of aryl methyl sites for hydroxylation is 1. The molecule has 0 saturated carbocycles. The zero-order valence-electron chi connectivity index (χ0n) is 12.5. The lowest BCUT2D eigenvalue weighted by atomic mass is 10.2. The Balaban J connectivity index is 1.59. The first kappa shape index (κ1) is 16.2. The summed E-state index contributed by atoms with van der Waals surface area (Å²) in [6.07, 6.45) is 1.79. The molecule has 0 amide bonds. The van der Waals surface area contributed by atoms with Gasteiger partial charge in [-0.2, -0.15) is 0 Å². The van der Waals surface area contributed by atoms with Crippen LogP contribution in [0.25, 0.3) is 11.3 Å². The van der Waals surface area contributed by atoms with Crippen molar-refractivity contribution in [2.75, 3.05) is 0 Å². The summed E-state index contributed by atoms with van der Waals surface area (Å²) in [6, 6.07) is 12.8. The summed E-state index contributed by atoms with van der Waals surface area (Å²) in [5, 5.41) is 0.488. The van der Waals surface area contributed by atoms with Crippen LogP contribution in [0.4, 0.5) is 4.39 Å². The number of benzene rings is 2. The van der Waals surface area contributed by atoms with Crippen LogP contribution in [-0.2, 0) is 11.2 Å². The van der Waals surface area contributed by atoms with E-state index in [9.17, 15) is 9.18 Å². The normalized spacial score (nSPS) is 10.6. The third-order valence-corrected chi connectivity index (χ3v) is 3.50. The Labute approximate surface area is 142 Å². The molecule has 3 aromatic rings. The monoisotopic (exact) mass is 345 g/mol. The van der Waals surface area contributed by atoms with Gasteiger partial charge in [-0.1, -0.05) is 29.8 Å². The Morgan fingerprint density at radius 3 is 2.83 bits per heavy atom. The molecule has 0 fully saturated rings. The fourth-order valence-electron chi connectivity index (χ4n) is 2.13. The SMILES string of the molecule is O=C(CCc1ncc(-c2ccccc2F)o1)Oc1cccc(Cl)c1. The van der Waals surface area contributed by atoms with Crippen molar-refractivity contribution in [2.24, 2.45) is 0 Å². The minimum Gasteiger partial charge on any atom is -0.441 e. The maximum Gasteiger partial charge on any atom is 0.311 e. The molecule has 2 aromatic carbocycles. The summed E-state index contributed by atoms with van der Waals surface area (Å²) in [7, 11) is 0. The predicted molar refractivity (Wildman–Crippen MR) is 87.3 cm³/mol. The van der Waals surface area contributed by atoms with Gasteiger partial charge in [-0.15, -0.1) is 0 Å². The van der Waals surface area contributed by atoms with Crippen LogP contribution in [0.5, 0.6) is 5.75 Å². The minimum absolute atomic E-state index is 0.0870. The van der Waals surface area contributed by atoms with E-state index < -0.39 is 5.97 Å². The Morgan fingerprint density at radius 2 is 2.04 bits per heavy atom. The van der Waals surface area contributed by atoms with Crippen LogP contribution >= 0.6 is 11.6 Å². The van der Waals surface area contributed by atoms with Crippen LogP contribution < -0.4 is 4.74 Å². The number of carbonyl (C=O) groups is 1. The zero-order chi connectivity index (χ0) is 16.9. The first-order chi connectivity index (χ1) is 11.6. The molecular weight excluding hydrogens is 333 g/mol. The molecule has 0 aliphatic rings. The third kappa shape index (κ3) is 4.00. The molecule has 0 bridgehead atoms. The average molecular weight is 346 g/mol. The summed E-state index contributed by atoms with van der Waals surface area (Å²) < 4.78 is 24.4. The summed E-state index contributed by atoms with van der Waals surface area (Å²) in [5.41, 5.74) is 0.331. The highest BCUT2D eigenvalue weighted by Gasteiger charge is 2.12. The molecule has 6 heteroatoms. The molecule has 0 spiro atoms. The van der Waals surface area contributed by atoms with Crippen molar-refractivity contribution in [3.05, 3.63) is 71.5 Å². The lowest BCUT2D eigenvalue weighted by Gasteiger charge is -2.03. The summed E-state index contributed by atoms with van der Waals surface area (Å²) in [5.74, 6) is 0.234. The number of ether oxygens (including phenoxy) is 1. The van der Waals surface area contributed by atoms with Crippen molar-refractivity contribution < 1.29 is 18.3 Å². The largest absolute Gasteiger partial charge is 0.441 e. The first-order valence-electron chi connectivity index (χ1n) is 7.27. The molecule has 4 nitrogen and oxygen atoms in total. The van der Waals surface area contributed by atoms with E-state index in [2.05, 4.69) is 4.98 Å². The Kier molecular flexibility index (Phi) is 4.91. The van der Waals surface area contributed by atoms with Gasteiger partial charge < -0.3 is 9.15 Å². The molecule has 0 radical (unpaired) electrons. The van der Waals surface area contributed by atoms with Crippen LogP contribution in [0.1, 0.15) is 12.3 Å². The maximum absolute atomic E-state index is 13.7. The smallest absolute Gasteiger partial charge is 0.311 e. The third-order valence-electron chi connectivity index (χ3n) is 3.26. The van der Waals surface area contributed by atoms with E-state index in [4.69, 9.17) is 20.8 Å². The lowest BCUT2D eigenvalue weighted by Crippen LogP contribution is -2.09. The molecule has 3 rings (SSSR count). The van der Waals surface area contributed by atoms with E-state index in [0.717, 1.165) is 0 Å². The number of esters is 1. The number of halogens is 2. The van der Waals surface area contributed by atoms with Crippen molar-refractivity contribution in [3.8, 4) is 17.1 Å². The van der Waals surface area contributed by atoms with E-state index in [1.165, 1.54) is 12.3 Å². The highest BCUT2D eigenvalue weighted by Crippen LogP contribution is 2.24. The molecule has 0 atom stereocenters. The van der Waals surface area contributed by atoms with E-state index in [1.807, 2.05) is 0 Å². The van der Waals surface area contributed by atoms with E-state index in [1.54, 1.807) is 42.5 Å². The number of oxazole rings is 1. The van der Waals surface area contributed by atoms with Crippen LogP contribution in [0, 0.1) is 5.82 Å². The number of aromatic nitrogens is 1. The predicted octanol–water partition coefficient (Wildman–Crippen LogP) is 4.67. The van der Waals surface area contributed by atoms with Crippen molar-refractivity contribution in [3.63, 3.8) is 0 Å². The fraction of sp³-hybridized carbons (Fsp3) is 0.111. The van der Waals surface area contributed by atoms with Gasteiger partial charge in [0, 0.05) is 11.4 Å². The second-order valence-electron chi connectivity index (χ2n) is 5.03. The Hall–Kier alpha value is -2.66. The van der Waals surface area contributed by atoms with Gasteiger partial charge in [-0.25, -0.2) is 9.37 Å². The quantitative estimate of drug-likeness (QED) is 0.498. The molecular formula is C18H13ClFNO3. The standard InChI is InChI=1S/C18H13ClFNO3/c19-12-4-3-5-13(10-12)23-18(22)9-8-17-21-11-16(24-17)14-6-1-2-7-15(14)20/h1-7,10-11H,8-9H2. The number of carbonyl (C=O) groups excluding carboxylic acids is 1. The van der Waals surface area contributed by atoms with Gasteiger partial charge in [-0.3, -0.25) is 4.79 Å². The van der Waals surface area contributed by atoms with Gasteiger partial charge in [0.2, 0.25) is 0 Å². The number of rotatable bonds is 5. The first-order valence-corrected chi connectivity index (χ1v) is 7.65. The van der Waals surface area contributed by atoms with Gasteiger partial charge in [-0.05, 0) is 30.3 Å². The Morgan fingerprint density at radius 1 is 1.21 bits per heavy atom. The van der Waals surface area contributed by atoms with Crippen molar-refractivity contribution >= 4 is 17.6 Å². The summed E-state index contributed by atoms with van der Waals surface area (Å²) in [6.45, 7) is 0. The maximum atomic E-state index is 13.7. The van der Waals surface area contributed by atoms with Crippen LogP contribution in [-0.4, -0.2) is 11.0 Å². The van der Waals surface area contributed by atoms with E-state index >= 15 is 0 Å². The number of hydrogen-bond acceptors (Lipinski definition) is 4. The molecule has 0 saturated heterocycles. The molecule has 0 N–H and O–H groups in total. The van der Waals surface area contributed by atoms with Crippen molar-refractivity contribution in [1.29, 1.82) is 0 Å². The van der Waals surface area contributed by atoms with Gasteiger partial charge >= 0.3 is 5.97 Å². The van der Waals surface area contributed by atoms with Gasteiger partial charge in [0.15, 0.2) is 11.7 Å². The molecule has 1 heterocycles. The second-order valence-corrected chi connectivity index (χ2v) is 5.47.